The van der Waals surface area contributed by atoms with Gasteiger partial charge in [0, 0.05) is 5.69 Å². The molecule has 0 aliphatic heterocycles. The highest BCUT2D eigenvalue weighted by Gasteiger charge is 1.98. The van der Waals surface area contributed by atoms with E-state index in [1.807, 2.05) is 6.07 Å². The predicted octanol–water partition coefficient (Wildman–Crippen LogP) is 3.17. The molecule has 0 amide bonds. The highest BCUT2D eigenvalue weighted by molar-refractivity contribution is 5.44. The van der Waals surface area contributed by atoms with Crippen LogP contribution in [0.3, 0.4) is 0 Å². The van der Waals surface area contributed by atoms with Crippen molar-refractivity contribution in [2.24, 2.45) is 5.92 Å². The first kappa shape index (κ1) is 10.1. The lowest BCUT2D eigenvalue weighted by Gasteiger charge is -2.06. The van der Waals surface area contributed by atoms with Crippen molar-refractivity contribution in [1.82, 2.24) is 0 Å². The Morgan fingerprint density at radius 2 is 1.92 bits per heavy atom. The van der Waals surface area contributed by atoms with Crippen molar-refractivity contribution < 1.29 is 0 Å². The van der Waals surface area contributed by atoms with E-state index >= 15 is 0 Å². The molecule has 0 heterocycles. The molecule has 1 aromatic carbocycles. The maximum Gasteiger partial charge on any atom is 0.0319 e. The van der Waals surface area contributed by atoms with E-state index in [9.17, 15) is 0 Å². The number of aryl methyl sites for hydroxylation is 2. The van der Waals surface area contributed by atoms with Gasteiger partial charge in [0.25, 0.3) is 0 Å². The van der Waals surface area contributed by atoms with E-state index < -0.39 is 0 Å². The SMILES string of the molecule is Cc1cc(N)cc(CCC(C)C)c1. The highest BCUT2D eigenvalue weighted by atomic mass is 14.5. The Bertz CT molecular complexity index is 256. The van der Waals surface area contributed by atoms with Gasteiger partial charge in [0.15, 0.2) is 0 Å². The lowest BCUT2D eigenvalue weighted by molar-refractivity contribution is 0.586. The summed E-state index contributed by atoms with van der Waals surface area (Å²) in [4.78, 5) is 0. The maximum absolute atomic E-state index is 5.77. The molecule has 0 aliphatic rings. The van der Waals surface area contributed by atoms with Crippen LogP contribution < -0.4 is 5.73 Å². The molecule has 1 aromatic rings. The van der Waals surface area contributed by atoms with Crippen LogP contribution in [-0.2, 0) is 6.42 Å². The summed E-state index contributed by atoms with van der Waals surface area (Å²) in [5.74, 6) is 0.765. The van der Waals surface area contributed by atoms with E-state index in [2.05, 4.69) is 32.9 Å². The summed E-state index contributed by atoms with van der Waals surface area (Å²) in [5.41, 5.74) is 9.28. The first-order valence-electron chi connectivity index (χ1n) is 4.94. The smallest absolute Gasteiger partial charge is 0.0319 e. The fourth-order valence-corrected chi connectivity index (χ4v) is 1.49. The van der Waals surface area contributed by atoms with Gasteiger partial charge in [-0.1, -0.05) is 19.9 Å². The second-order valence-electron chi connectivity index (χ2n) is 4.18. The van der Waals surface area contributed by atoms with Gasteiger partial charge in [0.2, 0.25) is 0 Å². The monoisotopic (exact) mass is 177 g/mol. The molecule has 0 aliphatic carbocycles. The third kappa shape index (κ3) is 3.49. The van der Waals surface area contributed by atoms with Gasteiger partial charge in [0.05, 0.1) is 0 Å². The predicted molar refractivity (Wildman–Crippen MR) is 58.8 cm³/mol. The minimum atomic E-state index is 0.765. The first-order chi connectivity index (χ1) is 6.08. The van der Waals surface area contributed by atoms with Gasteiger partial charge in [-0.15, -0.1) is 0 Å². The summed E-state index contributed by atoms with van der Waals surface area (Å²) in [6.07, 6.45) is 2.38. The van der Waals surface area contributed by atoms with Crippen LogP contribution in [0.5, 0.6) is 0 Å². The normalized spacial score (nSPS) is 10.8. The molecule has 0 aromatic heterocycles. The Kier molecular flexibility index (Phi) is 3.35. The summed E-state index contributed by atoms with van der Waals surface area (Å²) in [6, 6.07) is 6.31. The zero-order valence-corrected chi connectivity index (χ0v) is 8.80. The van der Waals surface area contributed by atoms with Crippen LogP contribution >= 0.6 is 0 Å². The molecule has 0 saturated heterocycles. The van der Waals surface area contributed by atoms with Crippen LogP contribution in [-0.4, -0.2) is 0 Å². The summed E-state index contributed by atoms with van der Waals surface area (Å²) in [5, 5.41) is 0. The molecule has 0 bridgehead atoms. The number of hydrogen-bond acceptors (Lipinski definition) is 1. The summed E-state index contributed by atoms with van der Waals surface area (Å²) >= 11 is 0. The number of anilines is 1. The van der Waals surface area contributed by atoms with Crippen molar-refractivity contribution in [2.45, 2.75) is 33.6 Å². The third-order valence-electron chi connectivity index (χ3n) is 2.17. The lowest BCUT2D eigenvalue weighted by Crippen LogP contribution is -1.94. The highest BCUT2D eigenvalue weighted by Crippen LogP contribution is 2.14. The molecule has 72 valence electrons. The topological polar surface area (TPSA) is 26.0 Å². The van der Waals surface area contributed by atoms with Crippen molar-refractivity contribution in [3.63, 3.8) is 0 Å². The largest absolute Gasteiger partial charge is 0.399 e. The molecular weight excluding hydrogens is 158 g/mol. The molecule has 0 atom stereocenters. The van der Waals surface area contributed by atoms with Crippen LogP contribution in [0.25, 0.3) is 0 Å². The van der Waals surface area contributed by atoms with Crippen molar-refractivity contribution in [3.8, 4) is 0 Å². The molecule has 1 nitrogen and oxygen atoms in total. The number of rotatable bonds is 3. The Morgan fingerprint density at radius 3 is 2.46 bits per heavy atom. The van der Waals surface area contributed by atoms with E-state index in [0.29, 0.717) is 0 Å². The quantitative estimate of drug-likeness (QED) is 0.705. The van der Waals surface area contributed by atoms with Crippen LogP contribution in [0.4, 0.5) is 5.69 Å². The van der Waals surface area contributed by atoms with Crippen molar-refractivity contribution >= 4 is 5.69 Å². The third-order valence-corrected chi connectivity index (χ3v) is 2.17. The van der Waals surface area contributed by atoms with Crippen molar-refractivity contribution in [2.75, 3.05) is 5.73 Å². The van der Waals surface area contributed by atoms with Crippen molar-refractivity contribution in [3.05, 3.63) is 29.3 Å². The molecule has 0 radical (unpaired) electrons. The van der Waals surface area contributed by atoms with E-state index in [0.717, 1.165) is 18.0 Å². The van der Waals surface area contributed by atoms with Crippen molar-refractivity contribution in [1.29, 1.82) is 0 Å². The first-order valence-corrected chi connectivity index (χ1v) is 4.94. The molecule has 1 heteroatoms. The number of benzene rings is 1. The van der Waals surface area contributed by atoms with Gasteiger partial charge in [0.1, 0.15) is 0 Å². The molecule has 0 saturated carbocycles. The second kappa shape index (κ2) is 4.31. The minimum Gasteiger partial charge on any atom is -0.399 e. The number of hydrogen-bond donors (Lipinski definition) is 1. The van der Waals surface area contributed by atoms with Gasteiger partial charge < -0.3 is 5.73 Å². The zero-order valence-electron chi connectivity index (χ0n) is 8.80. The van der Waals surface area contributed by atoms with Crippen LogP contribution in [0, 0.1) is 12.8 Å². The minimum absolute atomic E-state index is 0.765. The number of nitrogen functional groups attached to an aromatic ring is 1. The molecule has 1 rings (SSSR count). The summed E-state index contributed by atoms with van der Waals surface area (Å²) in [6.45, 7) is 6.59. The Morgan fingerprint density at radius 1 is 1.23 bits per heavy atom. The van der Waals surface area contributed by atoms with Crippen LogP contribution in [0.1, 0.15) is 31.4 Å². The van der Waals surface area contributed by atoms with Gasteiger partial charge >= 0.3 is 0 Å². The molecule has 0 fully saturated rings. The Hall–Kier alpha value is -0.980. The van der Waals surface area contributed by atoms with Crippen LogP contribution in [0.15, 0.2) is 18.2 Å². The van der Waals surface area contributed by atoms with Gasteiger partial charge in [-0.05, 0) is 48.9 Å². The number of nitrogens with two attached hydrogens (primary N) is 1. The zero-order chi connectivity index (χ0) is 9.84. The van der Waals surface area contributed by atoms with E-state index in [1.54, 1.807) is 0 Å². The average Bonchev–Trinajstić information content (AvgIpc) is 1.99. The molecule has 2 N–H and O–H groups in total. The van der Waals surface area contributed by atoms with Gasteiger partial charge in [-0.2, -0.15) is 0 Å². The maximum atomic E-state index is 5.77. The lowest BCUT2D eigenvalue weighted by atomic mass is 10.0. The Labute approximate surface area is 81.0 Å². The average molecular weight is 177 g/mol. The Balaban J connectivity index is 2.66. The summed E-state index contributed by atoms with van der Waals surface area (Å²) in [7, 11) is 0. The standard InChI is InChI=1S/C12H19N/c1-9(2)4-5-11-6-10(3)7-12(13)8-11/h6-9H,4-5,13H2,1-3H3. The van der Waals surface area contributed by atoms with E-state index in [4.69, 9.17) is 5.73 Å². The van der Waals surface area contributed by atoms with E-state index in [1.165, 1.54) is 17.5 Å². The fraction of sp³-hybridized carbons (Fsp3) is 0.500. The summed E-state index contributed by atoms with van der Waals surface area (Å²) < 4.78 is 0. The molecular formula is C12H19N. The van der Waals surface area contributed by atoms with Gasteiger partial charge in [-0.25, -0.2) is 0 Å². The molecule has 0 spiro atoms. The molecule has 13 heavy (non-hydrogen) atoms. The second-order valence-corrected chi connectivity index (χ2v) is 4.18. The molecule has 0 unspecified atom stereocenters. The van der Waals surface area contributed by atoms with Gasteiger partial charge in [-0.3, -0.25) is 0 Å². The fourth-order valence-electron chi connectivity index (χ4n) is 1.49. The van der Waals surface area contributed by atoms with Crippen LogP contribution in [0.2, 0.25) is 0 Å². The van der Waals surface area contributed by atoms with E-state index in [-0.39, 0.29) is 0 Å².